The molecule has 0 spiro atoms. The van der Waals surface area contributed by atoms with E-state index < -0.39 is 0 Å². The molecule has 1 aromatic heterocycles. The number of nitrogens with zero attached hydrogens (tertiary/aromatic N) is 2. The van der Waals surface area contributed by atoms with Crippen molar-refractivity contribution in [2.75, 3.05) is 26.7 Å². The number of halogens is 1. The van der Waals surface area contributed by atoms with Gasteiger partial charge in [-0.3, -0.25) is 4.79 Å². The van der Waals surface area contributed by atoms with Crippen LogP contribution < -0.4 is 5.32 Å². The number of aromatic nitrogens is 1. The van der Waals surface area contributed by atoms with Crippen LogP contribution in [0, 0.1) is 5.92 Å². The van der Waals surface area contributed by atoms with Gasteiger partial charge in [0.25, 0.3) is 5.91 Å². The Labute approximate surface area is 122 Å². The van der Waals surface area contributed by atoms with Crippen LogP contribution in [0.1, 0.15) is 35.8 Å². The Balaban J connectivity index is 1.60. The standard InChI is InChI=1S/C14H20BrN3O/c1-17-5-4-10(8-17)7-16-14(19)13-6-11(15)9-18(13)12-2-3-12/h6,9-10,12H,2-5,7-8H2,1H3,(H,16,19). The molecule has 19 heavy (non-hydrogen) atoms. The lowest BCUT2D eigenvalue weighted by Gasteiger charge is -2.12. The van der Waals surface area contributed by atoms with Gasteiger partial charge in [-0.05, 0) is 60.8 Å². The zero-order valence-corrected chi connectivity index (χ0v) is 12.8. The van der Waals surface area contributed by atoms with E-state index >= 15 is 0 Å². The molecule has 0 radical (unpaired) electrons. The lowest BCUT2D eigenvalue weighted by Crippen LogP contribution is -2.31. The van der Waals surface area contributed by atoms with Crippen LogP contribution in [-0.2, 0) is 0 Å². The van der Waals surface area contributed by atoms with E-state index in [1.54, 1.807) is 0 Å². The van der Waals surface area contributed by atoms with E-state index in [4.69, 9.17) is 0 Å². The maximum absolute atomic E-state index is 12.3. The van der Waals surface area contributed by atoms with Gasteiger partial charge in [0.15, 0.2) is 0 Å². The minimum absolute atomic E-state index is 0.0622. The Hall–Kier alpha value is -0.810. The van der Waals surface area contributed by atoms with Crippen molar-refractivity contribution >= 4 is 21.8 Å². The monoisotopic (exact) mass is 325 g/mol. The average molecular weight is 326 g/mol. The van der Waals surface area contributed by atoms with Crippen molar-refractivity contribution in [3.63, 3.8) is 0 Å². The number of likely N-dealkylation sites (tertiary alicyclic amines) is 1. The Kier molecular flexibility index (Phi) is 3.67. The summed E-state index contributed by atoms with van der Waals surface area (Å²) < 4.78 is 3.10. The van der Waals surface area contributed by atoms with Gasteiger partial charge in [-0.25, -0.2) is 0 Å². The van der Waals surface area contributed by atoms with Gasteiger partial charge < -0.3 is 14.8 Å². The van der Waals surface area contributed by atoms with E-state index in [2.05, 4.69) is 37.8 Å². The van der Waals surface area contributed by atoms with Gasteiger partial charge in [-0.1, -0.05) is 0 Å². The molecule has 1 aliphatic heterocycles. The van der Waals surface area contributed by atoms with Crippen LogP contribution >= 0.6 is 15.9 Å². The van der Waals surface area contributed by atoms with Gasteiger partial charge >= 0.3 is 0 Å². The maximum Gasteiger partial charge on any atom is 0.267 e. The number of hydrogen-bond donors (Lipinski definition) is 1. The van der Waals surface area contributed by atoms with Gasteiger partial charge in [0.1, 0.15) is 5.69 Å². The zero-order chi connectivity index (χ0) is 13.4. The molecule has 104 valence electrons. The van der Waals surface area contributed by atoms with Crippen molar-refractivity contribution in [3.05, 3.63) is 22.4 Å². The third kappa shape index (κ3) is 3.03. The highest BCUT2D eigenvalue weighted by atomic mass is 79.9. The van der Waals surface area contributed by atoms with Crippen LogP contribution in [0.25, 0.3) is 0 Å². The smallest absolute Gasteiger partial charge is 0.267 e. The lowest BCUT2D eigenvalue weighted by molar-refractivity contribution is 0.0938. The predicted molar refractivity (Wildman–Crippen MR) is 78.3 cm³/mol. The van der Waals surface area contributed by atoms with Crippen molar-refractivity contribution < 1.29 is 4.79 Å². The highest BCUT2D eigenvalue weighted by Gasteiger charge is 2.28. The third-order valence-corrected chi connectivity index (χ3v) is 4.46. The van der Waals surface area contributed by atoms with Crippen molar-refractivity contribution in [1.82, 2.24) is 14.8 Å². The number of carbonyl (C=O) groups excluding carboxylic acids is 1. The highest BCUT2D eigenvalue weighted by Crippen LogP contribution is 2.37. The summed E-state index contributed by atoms with van der Waals surface area (Å²) in [6.07, 6.45) is 5.59. The number of rotatable bonds is 4. The van der Waals surface area contributed by atoms with E-state index in [0.29, 0.717) is 12.0 Å². The molecule has 4 nitrogen and oxygen atoms in total. The van der Waals surface area contributed by atoms with E-state index in [1.165, 1.54) is 19.3 Å². The van der Waals surface area contributed by atoms with Gasteiger partial charge in [-0.2, -0.15) is 0 Å². The van der Waals surface area contributed by atoms with Crippen LogP contribution in [0.4, 0.5) is 0 Å². The van der Waals surface area contributed by atoms with Gasteiger partial charge in [0.2, 0.25) is 0 Å². The summed E-state index contributed by atoms with van der Waals surface area (Å²) in [5.74, 6) is 0.661. The molecule has 1 unspecified atom stereocenters. The number of carbonyl (C=O) groups is 1. The molecule has 1 atom stereocenters. The fraction of sp³-hybridized carbons (Fsp3) is 0.643. The fourth-order valence-electron chi connectivity index (χ4n) is 2.80. The Morgan fingerprint density at radius 1 is 1.47 bits per heavy atom. The van der Waals surface area contributed by atoms with E-state index in [0.717, 1.165) is 29.8 Å². The molecule has 1 saturated carbocycles. The predicted octanol–water partition coefficient (Wildman–Crippen LogP) is 2.27. The van der Waals surface area contributed by atoms with Crippen molar-refractivity contribution in [2.45, 2.75) is 25.3 Å². The lowest BCUT2D eigenvalue weighted by atomic mass is 10.1. The molecule has 2 aliphatic rings. The first-order chi connectivity index (χ1) is 9.13. The van der Waals surface area contributed by atoms with Crippen LogP contribution in [0.5, 0.6) is 0 Å². The number of nitrogens with one attached hydrogen (secondary N) is 1. The molecule has 1 saturated heterocycles. The summed E-state index contributed by atoms with van der Waals surface area (Å²) >= 11 is 3.47. The fourth-order valence-corrected chi connectivity index (χ4v) is 3.24. The second-order valence-electron chi connectivity index (χ2n) is 5.81. The molecule has 3 rings (SSSR count). The minimum Gasteiger partial charge on any atom is -0.350 e. The molecule has 0 aromatic carbocycles. The topological polar surface area (TPSA) is 37.3 Å². The average Bonchev–Trinajstić information content (AvgIpc) is 3.03. The number of hydrogen-bond acceptors (Lipinski definition) is 2. The third-order valence-electron chi connectivity index (χ3n) is 4.03. The molecule has 2 heterocycles. The molecule has 2 fully saturated rings. The number of amides is 1. The van der Waals surface area contributed by atoms with Crippen molar-refractivity contribution in [3.8, 4) is 0 Å². The molecule has 1 N–H and O–H groups in total. The second kappa shape index (κ2) is 5.29. The first-order valence-electron chi connectivity index (χ1n) is 6.97. The first kappa shape index (κ1) is 13.2. The summed E-state index contributed by atoms with van der Waals surface area (Å²) in [5.41, 5.74) is 0.792. The van der Waals surface area contributed by atoms with Gasteiger partial charge in [-0.15, -0.1) is 0 Å². The molecule has 0 bridgehead atoms. The van der Waals surface area contributed by atoms with Crippen LogP contribution in [0.3, 0.4) is 0 Å². The molecule has 1 aromatic rings. The Morgan fingerprint density at radius 2 is 2.26 bits per heavy atom. The van der Waals surface area contributed by atoms with Crippen molar-refractivity contribution in [1.29, 1.82) is 0 Å². The minimum atomic E-state index is 0.0622. The summed E-state index contributed by atoms with van der Waals surface area (Å²) in [7, 11) is 2.14. The largest absolute Gasteiger partial charge is 0.350 e. The second-order valence-corrected chi connectivity index (χ2v) is 6.72. The van der Waals surface area contributed by atoms with Gasteiger partial charge in [0.05, 0.1) is 0 Å². The Bertz CT molecular complexity index is 481. The molecular formula is C14H20BrN3O. The van der Waals surface area contributed by atoms with Crippen LogP contribution in [0.2, 0.25) is 0 Å². The maximum atomic E-state index is 12.3. The normalized spacial score (nSPS) is 23.8. The van der Waals surface area contributed by atoms with Crippen LogP contribution in [-0.4, -0.2) is 42.1 Å². The summed E-state index contributed by atoms with van der Waals surface area (Å²) in [6, 6.07) is 2.46. The van der Waals surface area contributed by atoms with E-state index in [-0.39, 0.29) is 5.91 Å². The quantitative estimate of drug-likeness (QED) is 0.922. The van der Waals surface area contributed by atoms with E-state index in [1.807, 2.05) is 12.3 Å². The highest BCUT2D eigenvalue weighted by molar-refractivity contribution is 9.10. The zero-order valence-electron chi connectivity index (χ0n) is 11.2. The SMILES string of the molecule is CN1CCC(CNC(=O)c2cc(Br)cn2C2CC2)C1. The first-order valence-corrected chi connectivity index (χ1v) is 7.77. The summed E-state index contributed by atoms with van der Waals surface area (Å²) in [6.45, 7) is 3.02. The summed E-state index contributed by atoms with van der Waals surface area (Å²) in [4.78, 5) is 14.6. The van der Waals surface area contributed by atoms with Crippen LogP contribution in [0.15, 0.2) is 16.7 Å². The summed E-state index contributed by atoms with van der Waals surface area (Å²) in [5, 5.41) is 3.09. The molecule has 1 aliphatic carbocycles. The Morgan fingerprint density at radius 3 is 2.89 bits per heavy atom. The molecule has 5 heteroatoms. The van der Waals surface area contributed by atoms with Gasteiger partial charge in [0, 0.05) is 29.8 Å². The van der Waals surface area contributed by atoms with Crippen molar-refractivity contribution in [2.24, 2.45) is 5.92 Å². The molecule has 1 amide bonds. The van der Waals surface area contributed by atoms with E-state index in [9.17, 15) is 4.79 Å². The molecular weight excluding hydrogens is 306 g/mol.